The lowest BCUT2D eigenvalue weighted by Gasteiger charge is -2.08. The Labute approximate surface area is 158 Å². The van der Waals surface area contributed by atoms with Crippen LogP contribution in [0.2, 0.25) is 0 Å². The molecular formula is C21H24N4O2. The Bertz CT molecular complexity index is 943. The van der Waals surface area contributed by atoms with E-state index in [1.807, 2.05) is 48.5 Å². The average Bonchev–Trinajstić information content (AvgIpc) is 3.10. The van der Waals surface area contributed by atoms with E-state index < -0.39 is 0 Å². The van der Waals surface area contributed by atoms with E-state index in [4.69, 9.17) is 0 Å². The van der Waals surface area contributed by atoms with Crippen LogP contribution in [-0.4, -0.2) is 28.6 Å². The number of amides is 2. The number of aromatic amines is 1. The topological polar surface area (TPSA) is 86.9 Å². The third-order valence-corrected chi connectivity index (χ3v) is 4.58. The number of aromatic nitrogens is 2. The number of rotatable bonds is 7. The molecule has 0 aliphatic carbocycles. The van der Waals surface area contributed by atoms with Crippen molar-refractivity contribution in [3.8, 4) is 0 Å². The smallest absolute Gasteiger partial charge is 0.230 e. The first kappa shape index (κ1) is 18.6. The third-order valence-electron chi connectivity index (χ3n) is 4.58. The Kier molecular flexibility index (Phi) is 5.86. The summed E-state index contributed by atoms with van der Waals surface area (Å²) in [6.45, 7) is 4.17. The Morgan fingerprint density at radius 3 is 2.74 bits per heavy atom. The van der Waals surface area contributed by atoms with Crippen LogP contribution in [0.5, 0.6) is 0 Å². The van der Waals surface area contributed by atoms with Gasteiger partial charge in [0, 0.05) is 25.2 Å². The van der Waals surface area contributed by atoms with Crippen LogP contribution in [0.4, 0.5) is 5.82 Å². The Morgan fingerprint density at radius 2 is 1.93 bits per heavy atom. The van der Waals surface area contributed by atoms with Crippen LogP contribution in [0, 0.1) is 0 Å². The van der Waals surface area contributed by atoms with Crippen molar-refractivity contribution in [3.63, 3.8) is 0 Å². The fourth-order valence-electron chi connectivity index (χ4n) is 3.08. The third kappa shape index (κ3) is 4.94. The van der Waals surface area contributed by atoms with E-state index >= 15 is 0 Å². The molecule has 1 heterocycles. The molecule has 6 nitrogen and oxygen atoms in total. The van der Waals surface area contributed by atoms with E-state index in [9.17, 15) is 9.59 Å². The van der Waals surface area contributed by atoms with Gasteiger partial charge in [-0.1, -0.05) is 49.4 Å². The fourth-order valence-corrected chi connectivity index (χ4v) is 3.08. The molecule has 1 unspecified atom stereocenters. The quantitative estimate of drug-likeness (QED) is 0.601. The number of carbonyl (C=O) groups is 2. The number of carbonyl (C=O) groups excluding carboxylic acids is 2. The molecule has 0 fully saturated rings. The molecule has 3 aromatic rings. The maximum absolute atomic E-state index is 12.4. The second-order valence-corrected chi connectivity index (χ2v) is 6.74. The molecule has 2 aromatic carbocycles. The van der Waals surface area contributed by atoms with Crippen molar-refractivity contribution in [2.75, 3.05) is 11.9 Å². The summed E-state index contributed by atoms with van der Waals surface area (Å²) in [6, 6.07) is 15.9. The summed E-state index contributed by atoms with van der Waals surface area (Å²) in [7, 11) is 0. The molecule has 0 aliphatic heterocycles. The molecule has 0 saturated carbocycles. The summed E-state index contributed by atoms with van der Waals surface area (Å²) < 4.78 is 0. The van der Waals surface area contributed by atoms with Crippen molar-refractivity contribution in [2.24, 2.45) is 0 Å². The van der Waals surface area contributed by atoms with E-state index in [1.165, 1.54) is 6.92 Å². The zero-order chi connectivity index (χ0) is 19.2. The predicted octanol–water partition coefficient (Wildman–Crippen LogP) is 3.37. The van der Waals surface area contributed by atoms with Crippen LogP contribution in [0.15, 0.2) is 48.5 Å². The van der Waals surface area contributed by atoms with Crippen LogP contribution in [0.3, 0.4) is 0 Å². The van der Waals surface area contributed by atoms with Crippen molar-refractivity contribution in [3.05, 3.63) is 59.8 Å². The molecular weight excluding hydrogens is 340 g/mol. The van der Waals surface area contributed by atoms with E-state index in [2.05, 4.69) is 27.8 Å². The van der Waals surface area contributed by atoms with Gasteiger partial charge in [-0.2, -0.15) is 5.10 Å². The van der Waals surface area contributed by atoms with Gasteiger partial charge >= 0.3 is 0 Å². The first-order valence-corrected chi connectivity index (χ1v) is 9.09. The molecule has 3 N–H and O–H groups in total. The van der Waals surface area contributed by atoms with Crippen molar-refractivity contribution in [1.82, 2.24) is 15.5 Å². The standard InChI is InChI=1S/C21H24N4O2/c1-14(10-11-22-15(2)26)19-13-20(25-24-19)23-21(27)12-17-8-5-7-16-6-3-4-9-18(16)17/h3-9,13-14H,10-12H2,1-2H3,(H,22,26)(H2,23,24,25,27). The van der Waals surface area contributed by atoms with Crippen molar-refractivity contribution < 1.29 is 9.59 Å². The molecule has 0 aliphatic rings. The number of benzene rings is 2. The second kappa shape index (κ2) is 8.49. The van der Waals surface area contributed by atoms with E-state index in [0.29, 0.717) is 18.8 Å². The number of anilines is 1. The largest absolute Gasteiger partial charge is 0.356 e. The van der Waals surface area contributed by atoms with Crippen LogP contribution < -0.4 is 10.6 Å². The minimum absolute atomic E-state index is 0.0341. The number of hydrogen-bond donors (Lipinski definition) is 3. The highest BCUT2D eigenvalue weighted by atomic mass is 16.2. The van der Waals surface area contributed by atoms with Gasteiger partial charge in [-0.3, -0.25) is 14.7 Å². The number of H-pyrrole nitrogens is 1. The number of nitrogens with one attached hydrogen (secondary N) is 3. The number of nitrogens with zero attached hydrogens (tertiary/aromatic N) is 1. The number of fused-ring (bicyclic) bond motifs is 1. The van der Waals surface area contributed by atoms with Gasteiger partial charge in [0.2, 0.25) is 11.8 Å². The minimum atomic E-state index is -0.102. The van der Waals surface area contributed by atoms with Crippen LogP contribution in [0.1, 0.15) is 37.4 Å². The van der Waals surface area contributed by atoms with Crippen LogP contribution in [-0.2, 0) is 16.0 Å². The van der Waals surface area contributed by atoms with Gasteiger partial charge in [0.15, 0.2) is 5.82 Å². The highest BCUT2D eigenvalue weighted by molar-refractivity contribution is 5.95. The molecule has 3 rings (SSSR count). The summed E-state index contributed by atoms with van der Waals surface area (Å²) in [5.74, 6) is 0.582. The molecule has 2 amide bonds. The fraction of sp³-hybridized carbons (Fsp3) is 0.286. The Morgan fingerprint density at radius 1 is 1.15 bits per heavy atom. The molecule has 0 spiro atoms. The Balaban J connectivity index is 1.60. The van der Waals surface area contributed by atoms with Gasteiger partial charge in [0.25, 0.3) is 0 Å². The van der Waals surface area contributed by atoms with Crippen LogP contribution in [0.25, 0.3) is 10.8 Å². The summed E-state index contributed by atoms with van der Waals surface area (Å²) in [5.41, 5.74) is 1.92. The zero-order valence-electron chi connectivity index (χ0n) is 15.6. The minimum Gasteiger partial charge on any atom is -0.356 e. The van der Waals surface area contributed by atoms with Gasteiger partial charge in [0.05, 0.1) is 6.42 Å². The molecule has 27 heavy (non-hydrogen) atoms. The van der Waals surface area contributed by atoms with Crippen molar-refractivity contribution >= 4 is 28.4 Å². The summed E-state index contributed by atoms with van der Waals surface area (Å²) in [5, 5.41) is 15.0. The lowest BCUT2D eigenvalue weighted by molar-refractivity contribution is -0.119. The molecule has 140 valence electrons. The van der Waals surface area contributed by atoms with Gasteiger partial charge in [-0.15, -0.1) is 0 Å². The molecule has 1 aromatic heterocycles. The maximum atomic E-state index is 12.4. The molecule has 0 bridgehead atoms. The van der Waals surface area contributed by atoms with E-state index in [-0.39, 0.29) is 17.7 Å². The monoisotopic (exact) mass is 364 g/mol. The normalized spacial score (nSPS) is 11.9. The van der Waals surface area contributed by atoms with Crippen molar-refractivity contribution in [2.45, 2.75) is 32.6 Å². The van der Waals surface area contributed by atoms with Gasteiger partial charge in [0.1, 0.15) is 0 Å². The summed E-state index contributed by atoms with van der Waals surface area (Å²) in [4.78, 5) is 23.4. The lowest BCUT2D eigenvalue weighted by atomic mass is 10.0. The predicted molar refractivity (Wildman–Crippen MR) is 107 cm³/mol. The SMILES string of the molecule is CC(=O)NCCC(C)c1cc(NC(=O)Cc2cccc3ccccc23)n[nH]1. The Hall–Kier alpha value is -3.15. The molecule has 6 heteroatoms. The van der Waals surface area contributed by atoms with Crippen molar-refractivity contribution in [1.29, 1.82) is 0 Å². The summed E-state index contributed by atoms with van der Waals surface area (Å²) >= 11 is 0. The molecule has 1 atom stereocenters. The van der Waals surface area contributed by atoms with Gasteiger partial charge < -0.3 is 10.6 Å². The average molecular weight is 364 g/mol. The van der Waals surface area contributed by atoms with Crippen LogP contribution >= 0.6 is 0 Å². The highest BCUT2D eigenvalue weighted by Gasteiger charge is 2.12. The van der Waals surface area contributed by atoms with Gasteiger partial charge in [-0.05, 0) is 28.7 Å². The first-order chi connectivity index (χ1) is 13.0. The number of hydrogen-bond acceptors (Lipinski definition) is 3. The summed E-state index contributed by atoms with van der Waals surface area (Å²) in [6.07, 6.45) is 1.09. The second-order valence-electron chi connectivity index (χ2n) is 6.74. The highest BCUT2D eigenvalue weighted by Crippen LogP contribution is 2.21. The molecule has 0 radical (unpaired) electrons. The lowest BCUT2D eigenvalue weighted by Crippen LogP contribution is -2.22. The maximum Gasteiger partial charge on any atom is 0.230 e. The van der Waals surface area contributed by atoms with E-state index in [1.54, 1.807) is 0 Å². The zero-order valence-corrected chi connectivity index (χ0v) is 15.6. The first-order valence-electron chi connectivity index (χ1n) is 9.09. The van der Waals surface area contributed by atoms with E-state index in [0.717, 1.165) is 28.5 Å². The van der Waals surface area contributed by atoms with Gasteiger partial charge in [-0.25, -0.2) is 0 Å². The molecule has 0 saturated heterocycles.